The minimum absolute atomic E-state index is 0.273. The van der Waals surface area contributed by atoms with Gasteiger partial charge in [0, 0.05) is 17.1 Å². The van der Waals surface area contributed by atoms with Crippen molar-refractivity contribution in [2.75, 3.05) is 0 Å². The minimum Gasteiger partial charge on any atom is -0.320 e. The van der Waals surface area contributed by atoms with Gasteiger partial charge in [-0.25, -0.2) is 4.39 Å². The molecule has 0 aliphatic rings. The van der Waals surface area contributed by atoms with Crippen LogP contribution in [0, 0.1) is 12.7 Å². The molecule has 0 aliphatic carbocycles. The summed E-state index contributed by atoms with van der Waals surface area (Å²) in [6, 6.07) is 14.3. The SMILES string of the molecule is Cc1ccc(C(N)c2cccc3cccnc23)c(F)c1. The van der Waals surface area contributed by atoms with Crippen molar-refractivity contribution in [2.24, 2.45) is 5.73 Å². The Morgan fingerprint density at radius 2 is 1.85 bits per heavy atom. The van der Waals surface area contributed by atoms with E-state index in [0.717, 1.165) is 22.0 Å². The molecule has 0 fully saturated rings. The van der Waals surface area contributed by atoms with Crippen molar-refractivity contribution >= 4 is 10.9 Å². The van der Waals surface area contributed by atoms with Crippen molar-refractivity contribution in [3.63, 3.8) is 0 Å². The number of hydrogen-bond donors (Lipinski definition) is 1. The van der Waals surface area contributed by atoms with E-state index in [4.69, 9.17) is 5.73 Å². The van der Waals surface area contributed by atoms with Gasteiger partial charge >= 0.3 is 0 Å². The molecule has 1 heterocycles. The fourth-order valence-corrected chi connectivity index (χ4v) is 2.43. The highest BCUT2D eigenvalue weighted by molar-refractivity contribution is 5.82. The Balaban J connectivity index is 2.15. The summed E-state index contributed by atoms with van der Waals surface area (Å²) in [4.78, 5) is 4.37. The molecule has 0 saturated carbocycles. The lowest BCUT2D eigenvalue weighted by Gasteiger charge is -2.15. The van der Waals surface area contributed by atoms with Crippen LogP contribution in [0.4, 0.5) is 4.39 Å². The Morgan fingerprint density at radius 3 is 2.65 bits per heavy atom. The Kier molecular flexibility index (Phi) is 3.20. The van der Waals surface area contributed by atoms with E-state index in [9.17, 15) is 4.39 Å². The van der Waals surface area contributed by atoms with E-state index in [0.29, 0.717) is 5.56 Å². The average molecular weight is 266 g/mol. The second-order valence-corrected chi connectivity index (χ2v) is 4.92. The number of pyridine rings is 1. The van der Waals surface area contributed by atoms with Crippen LogP contribution in [0.2, 0.25) is 0 Å². The zero-order valence-electron chi connectivity index (χ0n) is 11.2. The summed E-state index contributed by atoms with van der Waals surface area (Å²) in [5, 5.41) is 1.01. The summed E-state index contributed by atoms with van der Waals surface area (Å²) >= 11 is 0. The number of nitrogens with two attached hydrogens (primary N) is 1. The quantitative estimate of drug-likeness (QED) is 0.767. The molecule has 0 bridgehead atoms. The highest BCUT2D eigenvalue weighted by atomic mass is 19.1. The first-order valence-corrected chi connectivity index (χ1v) is 6.52. The zero-order valence-corrected chi connectivity index (χ0v) is 11.2. The molecular weight excluding hydrogens is 251 g/mol. The summed E-state index contributed by atoms with van der Waals surface area (Å²) in [7, 11) is 0. The van der Waals surface area contributed by atoms with Crippen LogP contribution < -0.4 is 5.73 Å². The van der Waals surface area contributed by atoms with Crippen LogP contribution in [0.1, 0.15) is 22.7 Å². The summed E-state index contributed by atoms with van der Waals surface area (Å²) in [6.45, 7) is 1.86. The van der Waals surface area contributed by atoms with E-state index >= 15 is 0 Å². The lowest BCUT2D eigenvalue weighted by Crippen LogP contribution is -2.14. The maximum Gasteiger partial charge on any atom is 0.128 e. The van der Waals surface area contributed by atoms with Gasteiger partial charge in [-0.05, 0) is 30.2 Å². The largest absolute Gasteiger partial charge is 0.320 e. The summed E-state index contributed by atoms with van der Waals surface area (Å²) in [6.07, 6.45) is 1.73. The first-order chi connectivity index (χ1) is 9.66. The molecule has 0 saturated heterocycles. The van der Waals surface area contributed by atoms with Crippen LogP contribution in [0.3, 0.4) is 0 Å². The van der Waals surface area contributed by atoms with Crippen molar-refractivity contribution in [3.05, 3.63) is 77.2 Å². The third-order valence-corrected chi connectivity index (χ3v) is 3.49. The van der Waals surface area contributed by atoms with E-state index in [1.165, 1.54) is 6.07 Å². The standard InChI is InChI=1S/C17H15FN2/c1-11-7-8-13(15(18)10-11)16(19)14-6-2-4-12-5-3-9-20-17(12)14/h2-10,16H,19H2,1H3. The second-order valence-electron chi connectivity index (χ2n) is 4.92. The molecule has 3 aromatic rings. The van der Waals surface area contributed by atoms with Gasteiger partial charge in [0.25, 0.3) is 0 Å². The van der Waals surface area contributed by atoms with Crippen LogP contribution in [0.25, 0.3) is 10.9 Å². The molecule has 3 heteroatoms. The number of aromatic nitrogens is 1. The number of fused-ring (bicyclic) bond motifs is 1. The van der Waals surface area contributed by atoms with Crippen molar-refractivity contribution in [3.8, 4) is 0 Å². The molecule has 1 aromatic heterocycles. The molecule has 1 unspecified atom stereocenters. The number of hydrogen-bond acceptors (Lipinski definition) is 2. The molecule has 3 rings (SSSR count). The van der Waals surface area contributed by atoms with E-state index in [1.54, 1.807) is 12.3 Å². The fraction of sp³-hybridized carbons (Fsp3) is 0.118. The van der Waals surface area contributed by atoms with E-state index in [-0.39, 0.29) is 5.82 Å². The van der Waals surface area contributed by atoms with Gasteiger partial charge in [0.15, 0.2) is 0 Å². The molecule has 0 spiro atoms. The van der Waals surface area contributed by atoms with E-state index in [2.05, 4.69) is 4.98 Å². The molecule has 0 aliphatic heterocycles. The smallest absolute Gasteiger partial charge is 0.128 e. The number of nitrogens with zero attached hydrogens (tertiary/aromatic N) is 1. The molecule has 1 atom stereocenters. The fourth-order valence-electron chi connectivity index (χ4n) is 2.43. The Hall–Kier alpha value is -2.26. The molecule has 0 amide bonds. The number of aryl methyl sites for hydroxylation is 1. The van der Waals surface area contributed by atoms with E-state index in [1.807, 2.05) is 43.3 Å². The maximum atomic E-state index is 14.1. The zero-order chi connectivity index (χ0) is 14.1. The lowest BCUT2D eigenvalue weighted by molar-refractivity contribution is 0.599. The molecule has 0 radical (unpaired) electrons. The van der Waals surface area contributed by atoms with Gasteiger partial charge in [-0.3, -0.25) is 4.98 Å². The molecule has 20 heavy (non-hydrogen) atoms. The van der Waals surface area contributed by atoms with Gasteiger partial charge in [0.2, 0.25) is 0 Å². The first kappa shape index (κ1) is 12.8. The molecule has 100 valence electrons. The van der Waals surface area contributed by atoms with E-state index < -0.39 is 6.04 Å². The molecule has 2 nitrogen and oxygen atoms in total. The van der Waals surface area contributed by atoms with Crippen molar-refractivity contribution in [2.45, 2.75) is 13.0 Å². The second kappa shape index (κ2) is 5.02. The predicted molar refractivity (Wildman–Crippen MR) is 78.9 cm³/mol. The highest BCUT2D eigenvalue weighted by Crippen LogP contribution is 2.27. The monoisotopic (exact) mass is 266 g/mol. The third-order valence-electron chi connectivity index (χ3n) is 3.49. The van der Waals surface area contributed by atoms with Gasteiger partial charge in [-0.15, -0.1) is 0 Å². The van der Waals surface area contributed by atoms with Crippen molar-refractivity contribution < 1.29 is 4.39 Å². The summed E-state index contributed by atoms with van der Waals surface area (Å²) in [5.41, 5.74) is 9.29. The summed E-state index contributed by atoms with van der Waals surface area (Å²) < 4.78 is 14.1. The molecular formula is C17H15FN2. The van der Waals surface area contributed by atoms with Crippen LogP contribution in [-0.2, 0) is 0 Å². The average Bonchev–Trinajstić information content (AvgIpc) is 2.46. The van der Waals surface area contributed by atoms with Crippen molar-refractivity contribution in [1.29, 1.82) is 0 Å². The van der Waals surface area contributed by atoms with Gasteiger partial charge < -0.3 is 5.73 Å². The van der Waals surface area contributed by atoms with Crippen LogP contribution in [0.5, 0.6) is 0 Å². The number of para-hydroxylation sites is 1. The molecule has 2 aromatic carbocycles. The maximum absolute atomic E-state index is 14.1. The Bertz CT molecular complexity index is 763. The summed E-state index contributed by atoms with van der Waals surface area (Å²) in [5.74, 6) is -0.273. The van der Waals surface area contributed by atoms with Crippen LogP contribution in [0.15, 0.2) is 54.7 Å². The first-order valence-electron chi connectivity index (χ1n) is 6.52. The number of benzene rings is 2. The van der Waals surface area contributed by atoms with Gasteiger partial charge in [-0.2, -0.15) is 0 Å². The van der Waals surface area contributed by atoms with Gasteiger partial charge in [-0.1, -0.05) is 36.4 Å². The predicted octanol–water partition coefficient (Wildman–Crippen LogP) is 3.73. The van der Waals surface area contributed by atoms with Crippen LogP contribution >= 0.6 is 0 Å². The van der Waals surface area contributed by atoms with Gasteiger partial charge in [0.05, 0.1) is 11.6 Å². The Labute approximate surface area is 117 Å². The van der Waals surface area contributed by atoms with Crippen molar-refractivity contribution in [1.82, 2.24) is 4.98 Å². The molecule has 2 N–H and O–H groups in total. The highest BCUT2D eigenvalue weighted by Gasteiger charge is 2.16. The van der Waals surface area contributed by atoms with Gasteiger partial charge in [0.1, 0.15) is 5.82 Å². The number of rotatable bonds is 2. The minimum atomic E-state index is -0.519. The normalized spacial score (nSPS) is 12.6. The topological polar surface area (TPSA) is 38.9 Å². The van der Waals surface area contributed by atoms with Crippen LogP contribution in [-0.4, -0.2) is 4.98 Å². The third kappa shape index (κ3) is 2.17. The Morgan fingerprint density at radius 1 is 1.05 bits per heavy atom. The lowest BCUT2D eigenvalue weighted by atomic mass is 9.96. The number of halogens is 1.